The van der Waals surface area contributed by atoms with Gasteiger partial charge < -0.3 is 14.3 Å². The Morgan fingerprint density at radius 3 is 2.62 bits per heavy atom. The zero-order chi connectivity index (χ0) is 20.5. The van der Waals surface area contributed by atoms with Crippen molar-refractivity contribution < 1.29 is 14.3 Å². The van der Waals surface area contributed by atoms with Gasteiger partial charge in [-0.05, 0) is 36.8 Å². The van der Waals surface area contributed by atoms with Crippen LogP contribution in [0.5, 0.6) is 11.5 Å². The topological polar surface area (TPSA) is 63.8 Å². The second-order valence-electron chi connectivity index (χ2n) is 6.46. The van der Waals surface area contributed by atoms with Crippen LogP contribution in [0.3, 0.4) is 0 Å². The van der Waals surface area contributed by atoms with E-state index in [1.54, 1.807) is 19.4 Å². The molecule has 0 spiro atoms. The molecule has 0 radical (unpaired) electrons. The van der Waals surface area contributed by atoms with E-state index >= 15 is 0 Å². The zero-order valence-corrected chi connectivity index (χ0v) is 16.5. The third kappa shape index (κ3) is 5.60. The molecular formula is C24H22N2O3. The van der Waals surface area contributed by atoms with Crippen LogP contribution in [-0.4, -0.2) is 13.3 Å². The van der Waals surface area contributed by atoms with Gasteiger partial charge in [-0.25, -0.2) is 0 Å². The van der Waals surface area contributed by atoms with E-state index in [-0.39, 0.29) is 6.61 Å². The SMILES string of the molecule is COc1cc(/C=N\OCc2ccccc2C#N)ccc1OCc1cccc(C)c1. The minimum absolute atomic E-state index is 0.231. The van der Waals surface area contributed by atoms with Crippen molar-refractivity contribution in [2.45, 2.75) is 20.1 Å². The first-order chi connectivity index (χ1) is 14.2. The van der Waals surface area contributed by atoms with E-state index in [4.69, 9.17) is 19.6 Å². The second-order valence-corrected chi connectivity index (χ2v) is 6.46. The number of methoxy groups -OCH3 is 1. The van der Waals surface area contributed by atoms with Crippen LogP contribution in [0.1, 0.15) is 27.8 Å². The molecule has 0 saturated heterocycles. The highest BCUT2D eigenvalue weighted by atomic mass is 16.6. The first-order valence-electron chi connectivity index (χ1n) is 9.19. The Balaban J connectivity index is 1.60. The first kappa shape index (κ1) is 20.0. The third-order valence-corrected chi connectivity index (χ3v) is 4.30. The van der Waals surface area contributed by atoms with Gasteiger partial charge in [0.05, 0.1) is 25.0 Å². The summed E-state index contributed by atoms with van der Waals surface area (Å²) in [6.45, 7) is 2.75. The quantitative estimate of drug-likeness (QED) is 0.403. The molecule has 0 amide bonds. The van der Waals surface area contributed by atoms with E-state index in [1.807, 2.05) is 48.5 Å². The average molecular weight is 386 g/mol. The lowest BCUT2D eigenvalue weighted by Crippen LogP contribution is -1.99. The van der Waals surface area contributed by atoms with Gasteiger partial charge in [-0.1, -0.05) is 53.2 Å². The molecule has 0 fully saturated rings. The molecule has 0 aliphatic carbocycles. The molecule has 5 nitrogen and oxygen atoms in total. The van der Waals surface area contributed by atoms with Gasteiger partial charge in [0, 0.05) is 11.1 Å². The molecule has 0 bridgehead atoms. The number of aryl methyl sites for hydroxylation is 1. The van der Waals surface area contributed by atoms with E-state index < -0.39 is 0 Å². The van der Waals surface area contributed by atoms with Crippen molar-refractivity contribution >= 4 is 6.21 Å². The molecule has 0 aliphatic heterocycles. The van der Waals surface area contributed by atoms with Crippen LogP contribution in [-0.2, 0) is 18.1 Å². The van der Waals surface area contributed by atoms with Gasteiger partial charge in [-0.15, -0.1) is 0 Å². The molecule has 29 heavy (non-hydrogen) atoms. The van der Waals surface area contributed by atoms with Gasteiger partial charge in [-0.3, -0.25) is 0 Å². The fourth-order valence-corrected chi connectivity index (χ4v) is 2.81. The molecule has 3 aromatic rings. The predicted octanol–water partition coefficient (Wildman–Crippen LogP) is 5.01. The smallest absolute Gasteiger partial charge is 0.161 e. The molecule has 0 N–H and O–H groups in total. The van der Waals surface area contributed by atoms with Gasteiger partial charge >= 0.3 is 0 Å². The summed E-state index contributed by atoms with van der Waals surface area (Å²) in [5.41, 5.74) is 4.49. The minimum atomic E-state index is 0.231. The summed E-state index contributed by atoms with van der Waals surface area (Å²) in [5.74, 6) is 1.28. The second kappa shape index (κ2) is 9.95. The Labute approximate surface area is 170 Å². The maximum absolute atomic E-state index is 9.10. The van der Waals surface area contributed by atoms with Crippen LogP contribution in [0.2, 0.25) is 0 Å². The highest BCUT2D eigenvalue weighted by molar-refractivity contribution is 5.80. The van der Waals surface area contributed by atoms with Crippen LogP contribution in [0.15, 0.2) is 71.9 Å². The van der Waals surface area contributed by atoms with Gasteiger partial charge in [0.25, 0.3) is 0 Å². The third-order valence-electron chi connectivity index (χ3n) is 4.30. The lowest BCUT2D eigenvalue weighted by atomic mass is 10.1. The molecule has 0 saturated carbocycles. The number of oxime groups is 1. The highest BCUT2D eigenvalue weighted by Gasteiger charge is 2.06. The highest BCUT2D eigenvalue weighted by Crippen LogP contribution is 2.28. The molecule has 5 heteroatoms. The minimum Gasteiger partial charge on any atom is -0.493 e. The molecule has 0 atom stereocenters. The molecule has 0 heterocycles. The van der Waals surface area contributed by atoms with Crippen LogP contribution < -0.4 is 9.47 Å². The number of nitrogens with zero attached hydrogens (tertiary/aromatic N) is 2. The summed E-state index contributed by atoms with van der Waals surface area (Å²) >= 11 is 0. The van der Waals surface area contributed by atoms with Crippen molar-refractivity contribution in [1.29, 1.82) is 5.26 Å². The number of hydrogen-bond donors (Lipinski definition) is 0. The van der Waals surface area contributed by atoms with Gasteiger partial charge in [0.1, 0.15) is 13.2 Å². The zero-order valence-electron chi connectivity index (χ0n) is 16.5. The fourth-order valence-electron chi connectivity index (χ4n) is 2.81. The first-order valence-corrected chi connectivity index (χ1v) is 9.19. The predicted molar refractivity (Wildman–Crippen MR) is 112 cm³/mol. The van der Waals surface area contributed by atoms with Crippen molar-refractivity contribution in [1.82, 2.24) is 0 Å². The standard InChI is InChI=1S/C24H22N2O3/c1-18-6-5-7-20(12-18)16-28-23-11-10-19(13-24(23)27-2)15-26-29-17-22-9-4-3-8-21(22)14-25/h3-13,15H,16-17H2,1-2H3/b26-15-. The monoisotopic (exact) mass is 386 g/mol. The largest absolute Gasteiger partial charge is 0.493 e. The summed E-state index contributed by atoms with van der Waals surface area (Å²) in [5, 5.41) is 13.1. The summed E-state index contributed by atoms with van der Waals surface area (Å²) in [7, 11) is 1.60. The Bertz CT molecular complexity index is 1040. The van der Waals surface area contributed by atoms with Crippen molar-refractivity contribution in [3.8, 4) is 17.6 Å². The van der Waals surface area contributed by atoms with Crippen molar-refractivity contribution in [3.05, 3.63) is 94.5 Å². The van der Waals surface area contributed by atoms with Crippen molar-refractivity contribution in [3.63, 3.8) is 0 Å². The number of rotatable bonds is 8. The van der Waals surface area contributed by atoms with Gasteiger partial charge in [0.2, 0.25) is 0 Å². The molecular weight excluding hydrogens is 364 g/mol. The number of benzene rings is 3. The van der Waals surface area contributed by atoms with E-state index in [0.29, 0.717) is 23.7 Å². The van der Waals surface area contributed by atoms with E-state index in [0.717, 1.165) is 16.7 Å². The number of hydrogen-bond acceptors (Lipinski definition) is 5. The molecule has 0 unspecified atom stereocenters. The average Bonchev–Trinajstić information content (AvgIpc) is 2.76. The summed E-state index contributed by atoms with van der Waals surface area (Å²) < 4.78 is 11.3. The molecule has 0 aliphatic rings. The van der Waals surface area contributed by atoms with E-state index in [1.165, 1.54) is 5.56 Å². The fraction of sp³-hybridized carbons (Fsp3) is 0.167. The van der Waals surface area contributed by atoms with Crippen LogP contribution in [0, 0.1) is 18.3 Å². The maximum atomic E-state index is 9.10. The Morgan fingerprint density at radius 2 is 1.83 bits per heavy atom. The Morgan fingerprint density at radius 1 is 0.966 bits per heavy atom. The lowest BCUT2D eigenvalue weighted by molar-refractivity contribution is 0.132. The summed E-state index contributed by atoms with van der Waals surface area (Å²) in [4.78, 5) is 5.33. The van der Waals surface area contributed by atoms with Crippen molar-refractivity contribution in [2.24, 2.45) is 5.16 Å². The molecule has 3 aromatic carbocycles. The maximum Gasteiger partial charge on any atom is 0.161 e. The summed E-state index contributed by atoms with van der Waals surface area (Å²) in [6.07, 6.45) is 1.60. The van der Waals surface area contributed by atoms with E-state index in [9.17, 15) is 0 Å². The van der Waals surface area contributed by atoms with Crippen LogP contribution >= 0.6 is 0 Å². The van der Waals surface area contributed by atoms with Gasteiger partial charge in [0.15, 0.2) is 11.5 Å². The molecule has 146 valence electrons. The lowest BCUT2D eigenvalue weighted by Gasteiger charge is -2.11. The van der Waals surface area contributed by atoms with Crippen molar-refractivity contribution in [2.75, 3.05) is 7.11 Å². The Hall–Kier alpha value is -3.78. The van der Waals surface area contributed by atoms with Gasteiger partial charge in [-0.2, -0.15) is 5.26 Å². The summed E-state index contributed by atoms with van der Waals surface area (Å²) in [6, 6.07) is 23.2. The molecule has 3 rings (SSSR count). The number of ether oxygens (including phenoxy) is 2. The Kier molecular flexibility index (Phi) is 6.85. The van der Waals surface area contributed by atoms with Crippen LogP contribution in [0.25, 0.3) is 0 Å². The normalized spacial score (nSPS) is 10.5. The van der Waals surface area contributed by atoms with E-state index in [2.05, 4.69) is 30.3 Å². The number of nitriles is 1. The molecule has 0 aromatic heterocycles. The van der Waals surface area contributed by atoms with Crippen LogP contribution in [0.4, 0.5) is 0 Å².